The predicted molar refractivity (Wildman–Crippen MR) is 61.0 cm³/mol. The first kappa shape index (κ1) is 15.1. The number of alkyl halides is 3. The van der Waals surface area contributed by atoms with Gasteiger partial charge in [0.25, 0.3) is 5.69 Å². The molecule has 104 valence electrons. The highest BCUT2D eigenvalue weighted by atomic mass is 19.4. The number of hydrogen-bond donors (Lipinski definition) is 0. The van der Waals surface area contributed by atoms with E-state index >= 15 is 0 Å². The summed E-state index contributed by atoms with van der Waals surface area (Å²) in [4.78, 5) is 22.3. The summed E-state index contributed by atoms with van der Waals surface area (Å²) in [7, 11) is 1.18. The fourth-order valence-electron chi connectivity index (χ4n) is 1.47. The van der Waals surface area contributed by atoms with Crippen molar-refractivity contribution in [3.05, 3.63) is 39.9 Å². The molecule has 1 rings (SSSR count). The fourth-order valence-corrected chi connectivity index (χ4v) is 1.47. The van der Waals surface area contributed by atoms with Crippen LogP contribution < -0.4 is 0 Å². The number of rotatable bonds is 5. The third-order valence-corrected chi connectivity index (χ3v) is 2.26. The molecule has 0 aliphatic heterocycles. The number of Topliss-reactive ketones (excluding diaryl/α,β-unsaturated/α-hetero) is 1. The minimum absolute atomic E-state index is 0.139. The van der Waals surface area contributed by atoms with Gasteiger partial charge in [-0.15, -0.1) is 0 Å². The van der Waals surface area contributed by atoms with Crippen molar-refractivity contribution in [2.24, 2.45) is 0 Å². The Morgan fingerprint density at radius 3 is 2.26 bits per heavy atom. The number of hydrogen-bond acceptors (Lipinski definition) is 4. The first-order chi connectivity index (χ1) is 8.69. The third-order valence-electron chi connectivity index (χ3n) is 2.26. The lowest BCUT2D eigenvalue weighted by Gasteiger charge is -2.17. The number of likely N-dealkylation sites (N-methyl/N-ethyl adjacent to an activating group) is 1. The molecule has 0 spiro atoms. The molecule has 0 bridgehead atoms. The van der Waals surface area contributed by atoms with E-state index < -0.39 is 30.0 Å². The normalized spacial score (nSPS) is 11.6. The Morgan fingerprint density at radius 1 is 1.32 bits per heavy atom. The Labute approximate surface area is 106 Å². The van der Waals surface area contributed by atoms with Crippen molar-refractivity contribution in [3.63, 3.8) is 0 Å². The molecule has 19 heavy (non-hydrogen) atoms. The van der Waals surface area contributed by atoms with Crippen molar-refractivity contribution in [1.29, 1.82) is 0 Å². The van der Waals surface area contributed by atoms with Crippen LogP contribution in [0.4, 0.5) is 18.9 Å². The number of non-ortho nitro benzene ring substituents is 1. The maximum absolute atomic E-state index is 12.1. The summed E-state index contributed by atoms with van der Waals surface area (Å²) in [5.41, 5.74) is -0.0418. The standard InChI is InChI=1S/C11H11F3N2O3/c1-15(7-11(12,13)14)6-10(17)8-2-4-9(5-3-8)16(18)19/h2-5H,6-7H2,1H3. The highest BCUT2D eigenvalue weighted by Gasteiger charge is 2.29. The lowest BCUT2D eigenvalue weighted by atomic mass is 10.1. The molecule has 1 aromatic carbocycles. The molecule has 0 atom stereocenters. The van der Waals surface area contributed by atoms with Crippen molar-refractivity contribution in [1.82, 2.24) is 4.90 Å². The molecule has 0 saturated heterocycles. The second kappa shape index (κ2) is 5.79. The van der Waals surface area contributed by atoms with Gasteiger partial charge in [-0.05, 0) is 19.2 Å². The first-order valence-corrected chi connectivity index (χ1v) is 5.22. The van der Waals surface area contributed by atoms with Crippen LogP contribution in [0.2, 0.25) is 0 Å². The Kier molecular flexibility index (Phi) is 4.60. The van der Waals surface area contributed by atoms with E-state index in [-0.39, 0.29) is 11.3 Å². The smallest absolute Gasteiger partial charge is 0.293 e. The number of halogens is 3. The van der Waals surface area contributed by atoms with Crippen LogP contribution >= 0.6 is 0 Å². The molecule has 0 N–H and O–H groups in total. The van der Waals surface area contributed by atoms with Crippen LogP contribution in [0, 0.1) is 10.1 Å². The Bertz CT molecular complexity index is 471. The zero-order valence-electron chi connectivity index (χ0n) is 9.98. The molecule has 0 fully saturated rings. The largest absolute Gasteiger partial charge is 0.401 e. The van der Waals surface area contributed by atoms with Crippen LogP contribution in [0.25, 0.3) is 0 Å². The average molecular weight is 276 g/mol. The van der Waals surface area contributed by atoms with E-state index in [9.17, 15) is 28.1 Å². The summed E-state index contributed by atoms with van der Waals surface area (Å²) in [6.07, 6.45) is -4.37. The number of nitro groups is 1. The highest BCUT2D eigenvalue weighted by molar-refractivity contribution is 5.97. The van der Waals surface area contributed by atoms with Crippen LogP contribution in [0.1, 0.15) is 10.4 Å². The maximum atomic E-state index is 12.1. The highest BCUT2D eigenvalue weighted by Crippen LogP contribution is 2.16. The SMILES string of the molecule is CN(CC(=O)c1ccc([N+](=O)[O-])cc1)CC(F)(F)F. The minimum atomic E-state index is -4.37. The maximum Gasteiger partial charge on any atom is 0.401 e. The number of nitrogens with zero attached hydrogens (tertiary/aromatic N) is 2. The van der Waals surface area contributed by atoms with Gasteiger partial charge in [-0.3, -0.25) is 19.8 Å². The van der Waals surface area contributed by atoms with Crippen molar-refractivity contribution < 1.29 is 22.9 Å². The predicted octanol–water partition coefficient (Wildman–Crippen LogP) is 2.27. The molecule has 0 aromatic heterocycles. The fraction of sp³-hybridized carbons (Fsp3) is 0.364. The van der Waals surface area contributed by atoms with E-state index in [4.69, 9.17) is 0 Å². The van der Waals surface area contributed by atoms with Gasteiger partial charge in [-0.1, -0.05) is 0 Å². The lowest BCUT2D eigenvalue weighted by molar-refractivity contribution is -0.384. The van der Waals surface area contributed by atoms with Crippen LogP contribution in [0.3, 0.4) is 0 Å². The van der Waals surface area contributed by atoms with E-state index in [0.717, 1.165) is 17.0 Å². The van der Waals surface area contributed by atoms with Gasteiger partial charge >= 0.3 is 6.18 Å². The second-order valence-corrected chi connectivity index (χ2v) is 4.01. The van der Waals surface area contributed by atoms with Gasteiger partial charge in [0.2, 0.25) is 0 Å². The van der Waals surface area contributed by atoms with E-state index in [1.54, 1.807) is 0 Å². The number of nitro benzene ring substituents is 1. The minimum Gasteiger partial charge on any atom is -0.293 e. The lowest BCUT2D eigenvalue weighted by Crippen LogP contribution is -2.34. The van der Waals surface area contributed by atoms with Crippen molar-refractivity contribution >= 4 is 11.5 Å². The van der Waals surface area contributed by atoms with Gasteiger partial charge in [-0.25, -0.2) is 0 Å². The molecule has 0 radical (unpaired) electrons. The van der Waals surface area contributed by atoms with Crippen LogP contribution in [0.5, 0.6) is 0 Å². The molecule has 0 aliphatic rings. The van der Waals surface area contributed by atoms with Crippen LogP contribution in [0.15, 0.2) is 24.3 Å². The van der Waals surface area contributed by atoms with Gasteiger partial charge < -0.3 is 0 Å². The summed E-state index contributed by atoms with van der Waals surface area (Å²) >= 11 is 0. The first-order valence-electron chi connectivity index (χ1n) is 5.22. The number of ketones is 1. The molecule has 0 aliphatic carbocycles. The summed E-state index contributed by atoms with van der Waals surface area (Å²) in [5.74, 6) is -0.526. The monoisotopic (exact) mass is 276 g/mol. The van der Waals surface area contributed by atoms with Crippen molar-refractivity contribution in [3.8, 4) is 0 Å². The summed E-state index contributed by atoms with van der Waals surface area (Å²) in [5, 5.41) is 10.4. The van der Waals surface area contributed by atoms with Gasteiger partial charge in [0.15, 0.2) is 5.78 Å². The molecular weight excluding hydrogens is 265 g/mol. The van der Waals surface area contributed by atoms with E-state index in [1.165, 1.54) is 19.2 Å². The Hall–Kier alpha value is -1.96. The summed E-state index contributed by atoms with van der Waals surface area (Å²) in [6.45, 7) is -1.59. The molecular formula is C11H11F3N2O3. The third kappa shape index (κ3) is 5.04. The van der Waals surface area contributed by atoms with Crippen LogP contribution in [-0.4, -0.2) is 41.9 Å². The molecule has 0 heterocycles. The summed E-state index contributed by atoms with van der Waals surface area (Å²) in [6, 6.07) is 4.72. The quantitative estimate of drug-likeness (QED) is 0.470. The summed E-state index contributed by atoms with van der Waals surface area (Å²) < 4.78 is 36.2. The van der Waals surface area contributed by atoms with Crippen molar-refractivity contribution in [2.45, 2.75) is 6.18 Å². The zero-order chi connectivity index (χ0) is 14.6. The van der Waals surface area contributed by atoms with Crippen molar-refractivity contribution in [2.75, 3.05) is 20.1 Å². The number of benzene rings is 1. The molecule has 1 aromatic rings. The Balaban J connectivity index is 2.65. The number of carbonyl (C=O) groups excluding carboxylic acids is 1. The van der Waals surface area contributed by atoms with Gasteiger partial charge in [0, 0.05) is 17.7 Å². The molecule has 0 saturated carbocycles. The van der Waals surface area contributed by atoms with E-state index in [2.05, 4.69) is 0 Å². The van der Waals surface area contributed by atoms with E-state index in [1.807, 2.05) is 0 Å². The van der Waals surface area contributed by atoms with Gasteiger partial charge in [0.05, 0.1) is 18.0 Å². The second-order valence-electron chi connectivity index (χ2n) is 4.01. The van der Waals surface area contributed by atoms with Gasteiger partial charge in [0.1, 0.15) is 0 Å². The zero-order valence-corrected chi connectivity index (χ0v) is 9.98. The molecule has 8 heteroatoms. The topological polar surface area (TPSA) is 63.5 Å². The Morgan fingerprint density at radius 2 is 1.84 bits per heavy atom. The average Bonchev–Trinajstić information content (AvgIpc) is 2.26. The van der Waals surface area contributed by atoms with E-state index in [0.29, 0.717) is 0 Å². The van der Waals surface area contributed by atoms with Gasteiger partial charge in [-0.2, -0.15) is 13.2 Å². The molecule has 0 amide bonds. The molecule has 0 unspecified atom stereocenters. The van der Waals surface area contributed by atoms with Crippen LogP contribution in [-0.2, 0) is 0 Å². The number of carbonyl (C=O) groups is 1. The molecule has 5 nitrogen and oxygen atoms in total.